The average Bonchev–Trinajstić information content (AvgIpc) is 2.77. The summed E-state index contributed by atoms with van der Waals surface area (Å²) in [5.41, 5.74) is 2.28. The molecule has 1 fully saturated rings. The van der Waals surface area contributed by atoms with E-state index < -0.39 is 11.6 Å². The lowest BCUT2D eigenvalue weighted by Crippen LogP contribution is -2.37. The van der Waals surface area contributed by atoms with Crippen molar-refractivity contribution in [3.63, 3.8) is 0 Å². The van der Waals surface area contributed by atoms with E-state index in [1.54, 1.807) is 12.1 Å². The first-order valence-corrected chi connectivity index (χ1v) is 11.8. The molecule has 1 heterocycles. The van der Waals surface area contributed by atoms with Crippen LogP contribution in [-0.4, -0.2) is 42.2 Å². The first-order chi connectivity index (χ1) is 15.6. The highest BCUT2D eigenvalue weighted by Crippen LogP contribution is 2.29. The molecule has 1 aliphatic rings. The third-order valence-corrected chi connectivity index (χ3v) is 6.36. The number of hydrogen-bond acceptors (Lipinski definition) is 4. The number of hydrogen-bond donors (Lipinski definition) is 2. The number of benzene rings is 2. The molecule has 0 saturated carbocycles. The molecule has 0 bridgehead atoms. The number of anilines is 1. The number of carboxylic acids is 1. The van der Waals surface area contributed by atoms with E-state index in [1.165, 1.54) is 20.3 Å². The maximum atomic E-state index is 13.1. The molecule has 2 aromatic rings. The Hall–Kier alpha value is -2.73. The van der Waals surface area contributed by atoms with Gasteiger partial charge in [0.05, 0.1) is 5.56 Å². The molecule has 7 heteroatoms. The summed E-state index contributed by atoms with van der Waals surface area (Å²) in [6.07, 6.45) is 3.48. The van der Waals surface area contributed by atoms with Gasteiger partial charge in [-0.25, -0.2) is 4.79 Å². The second-order valence-electron chi connectivity index (χ2n) is 9.26. The summed E-state index contributed by atoms with van der Waals surface area (Å²) in [6, 6.07) is 11.1. The molecule has 1 aliphatic heterocycles. The minimum Gasteiger partial charge on any atom is -0.478 e. The Balaban J connectivity index is 1.68. The Morgan fingerprint density at radius 3 is 2.48 bits per heavy atom. The number of aryl methyl sites for hydroxylation is 1. The number of nitrogens with zero attached hydrogens (tertiary/aromatic N) is 1. The van der Waals surface area contributed by atoms with Gasteiger partial charge in [0.2, 0.25) is 0 Å². The van der Waals surface area contributed by atoms with Crippen molar-refractivity contribution in [3.8, 4) is 5.75 Å². The van der Waals surface area contributed by atoms with Gasteiger partial charge in [-0.1, -0.05) is 24.6 Å². The average molecular weight is 473 g/mol. The SMILES string of the molecule is Cc1cc(OC(C)(C)C(=O)O)ccc1C(C)CNC(=O)c1cc(Cl)ccc1N1CCCCC1. The number of nitrogens with one attached hydrogen (secondary N) is 1. The van der Waals surface area contributed by atoms with Crippen molar-refractivity contribution in [2.45, 2.75) is 58.5 Å². The van der Waals surface area contributed by atoms with E-state index >= 15 is 0 Å². The lowest BCUT2D eigenvalue weighted by atomic mass is 9.96. The van der Waals surface area contributed by atoms with E-state index in [9.17, 15) is 14.7 Å². The second kappa shape index (κ2) is 10.5. The van der Waals surface area contributed by atoms with Crippen molar-refractivity contribution in [1.82, 2.24) is 5.32 Å². The highest BCUT2D eigenvalue weighted by molar-refractivity contribution is 6.31. The molecule has 33 heavy (non-hydrogen) atoms. The van der Waals surface area contributed by atoms with E-state index in [4.69, 9.17) is 16.3 Å². The van der Waals surface area contributed by atoms with Crippen LogP contribution in [0.25, 0.3) is 0 Å². The van der Waals surface area contributed by atoms with Crippen LogP contribution in [0.3, 0.4) is 0 Å². The van der Waals surface area contributed by atoms with E-state index in [1.807, 2.05) is 38.1 Å². The van der Waals surface area contributed by atoms with E-state index in [0.717, 1.165) is 42.7 Å². The minimum absolute atomic E-state index is 0.0631. The van der Waals surface area contributed by atoms with Gasteiger partial charge >= 0.3 is 5.97 Å². The van der Waals surface area contributed by atoms with E-state index in [-0.39, 0.29) is 11.8 Å². The number of carbonyl (C=O) groups is 2. The fourth-order valence-corrected chi connectivity index (χ4v) is 4.33. The molecular weight excluding hydrogens is 440 g/mol. The molecule has 3 rings (SSSR count). The zero-order valence-corrected chi connectivity index (χ0v) is 20.5. The van der Waals surface area contributed by atoms with E-state index in [0.29, 0.717) is 22.9 Å². The van der Waals surface area contributed by atoms with Crippen molar-refractivity contribution in [2.24, 2.45) is 0 Å². The molecule has 178 valence electrons. The molecule has 0 spiro atoms. The fourth-order valence-electron chi connectivity index (χ4n) is 4.15. The van der Waals surface area contributed by atoms with Gasteiger partial charge in [-0.2, -0.15) is 0 Å². The number of ether oxygens (including phenoxy) is 1. The quantitative estimate of drug-likeness (QED) is 0.536. The monoisotopic (exact) mass is 472 g/mol. The summed E-state index contributed by atoms with van der Waals surface area (Å²) in [4.78, 5) is 26.7. The lowest BCUT2D eigenvalue weighted by molar-refractivity contribution is -0.152. The molecule has 1 unspecified atom stereocenters. The summed E-state index contributed by atoms with van der Waals surface area (Å²) in [5, 5.41) is 12.9. The van der Waals surface area contributed by atoms with Crippen LogP contribution in [0.5, 0.6) is 5.75 Å². The maximum absolute atomic E-state index is 13.1. The molecule has 1 atom stereocenters. The van der Waals surface area contributed by atoms with Crippen molar-refractivity contribution in [2.75, 3.05) is 24.5 Å². The normalized spacial score (nSPS) is 15.1. The third kappa shape index (κ3) is 6.20. The summed E-state index contributed by atoms with van der Waals surface area (Å²) >= 11 is 6.21. The molecule has 0 radical (unpaired) electrons. The second-order valence-corrected chi connectivity index (χ2v) is 9.69. The predicted molar refractivity (Wildman–Crippen MR) is 132 cm³/mol. The van der Waals surface area contributed by atoms with Crippen molar-refractivity contribution in [1.29, 1.82) is 0 Å². The van der Waals surface area contributed by atoms with Crippen LogP contribution in [0, 0.1) is 6.92 Å². The molecular formula is C26H33ClN2O4. The topological polar surface area (TPSA) is 78.9 Å². The van der Waals surface area contributed by atoms with Gasteiger partial charge in [0.25, 0.3) is 5.91 Å². The summed E-state index contributed by atoms with van der Waals surface area (Å²) in [5.74, 6) is -0.589. The van der Waals surface area contributed by atoms with Crippen LogP contribution >= 0.6 is 11.6 Å². The molecule has 0 aromatic heterocycles. The molecule has 0 aliphatic carbocycles. The van der Waals surface area contributed by atoms with Gasteiger partial charge in [0, 0.05) is 30.3 Å². The van der Waals surface area contributed by atoms with Crippen molar-refractivity contribution in [3.05, 3.63) is 58.1 Å². The maximum Gasteiger partial charge on any atom is 0.347 e. The number of piperidine rings is 1. The van der Waals surface area contributed by atoms with Crippen LogP contribution in [-0.2, 0) is 4.79 Å². The number of carbonyl (C=O) groups excluding carboxylic acids is 1. The Bertz CT molecular complexity index is 1020. The molecule has 1 saturated heterocycles. The van der Waals surface area contributed by atoms with Crippen LogP contribution in [0.15, 0.2) is 36.4 Å². The van der Waals surface area contributed by atoms with Gasteiger partial charge in [-0.05, 0) is 87.4 Å². The zero-order chi connectivity index (χ0) is 24.2. The highest BCUT2D eigenvalue weighted by atomic mass is 35.5. The van der Waals surface area contributed by atoms with Gasteiger partial charge in [0.1, 0.15) is 5.75 Å². The first kappa shape index (κ1) is 24.9. The highest BCUT2D eigenvalue weighted by Gasteiger charge is 2.29. The summed E-state index contributed by atoms with van der Waals surface area (Å²) < 4.78 is 5.63. The van der Waals surface area contributed by atoms with Gasteiger partial charge in [0.15, 0.2) is 5.60 Å². The Labute approximate surface area is 200 Å². The Morgan fingerprint density at radius 1 is 1.15 bits per heavy atom. The van der Waals surface area contributed by atoms with Crippen LogP contribution < -0.4 is 15.0 Å². The summed E-state index contributed by atoms with van der Waals surface area (Å²) in [7, 11) is 0. The Morgan fingerprint density at radius 2 is 1.85 bits per heavy atom. The molecule has 6 nitrogen and oxygen atoms in total. The standard InChI is InChI=1S/C26H33ClN2O4/c1-17-14-20(33-26(3,4)25(31)32)9-10-21(17)18(2)16-28-24(30)22-15-19(27)8-11-23(22)29-12-6-5-7-13-29/h8-11,14-15,18H,5-7,12-13,16H2,1-4H3,(H,28,30)(H,31,32). The van der Waals surface area contributed by atoms with Gasteiger partial charge in [-0.15, -0.1) is 0 Å². The molecule has 2 aromatic carbocycles. The number of carboxylic acid groups (broad SMARTS) is 1. The largest absolute Gasteiger partial charge is 0.478 e. The summed E-state index contributed by atoms with van der Waals surface area (Å²) in [6.45, 7) is 9.41. The van der Waals surface area contributed by atoms with E-state index in [2.05, 4.69) is 10.2 Å². The predicted octanol–water partition coefficient (Wildman–Crippen LogP) is 5.41. The zero-order valence-electron chi connectivity index (χ0n) is 19.8. The smallest absolute Gasteiger partial charge is 0.347 e. The number of aliphatic carboxylic acids is 1. The molecule has 2 N–H and O–H groups in total. The van der Waals surface area contributed by atoms with Crippen molar-refractivity contribution < 1.29 is 19.4 Å². The van der Waals surface area contributed by atoms with Crippen LogP contribution in [0.2, 0.25) is 5.02 Å². The van der Waals surface area contributed by atoms with Crippen LogP contribution in [0.4, 0.5) is 5.69 Å². The third-order valence-electron chi connectivity index (χ3n) is 6.13. The van der Waals surface area contributed by atoms with Gasteiger partial charge < -0.3 is 20.1 Å². The fraction of sp³-hybridized carbons (Fsp3) is 0.462. The minimum atomic E-state index is -1.31. The Kier molecular flexibility index (Phi) is 7.90. The number of halogens is 1. The van der Waals surface area contributed by atoms with Crippen molar-refractivity contribution >= 4 is 29.2 Å². The number of rotatable bonds is 8. The number of amides is 1. The van der Waals surface area contributed by atoms with Gasteiger partial charge in [-0.3, -0.25) is 4.79 Å². The lowest BCUT2D eigenvalue weighted by Gasteiger charge is -2.30. The van der Waals surface area contributed by atoms with Crippen LogP contribution in [0.1, 0.15) is 67.4 Å². The first-order valence-electron chi connectivity index (χ1n) is 11.4. The molecule has 1 amide bonds.